The van der Waals surface area contributed by atoms with Gasteiger partial charge in [0.1, 0.15) is 0 Å². The first-order chi connectivity index (χ1) is 10.7. The number of hydrogen-bond acceptors (Lipinski definition) is 3. The van der Waals surface area contributed by atoms with Gasteiger partial charge in [-0.2, -0.15) is 5.10 Å². The van der Waals surface area contributed by atoms with Crippen molar-refractivity contribution in [3.63, 3.8) is 0 Å². The molecule has 6 heteroatoms. The van der Waals surface area contributed by atoms with E-state index in [4.69, 9.17) is 0 Å². The van der Waals surface area contributed by atoms with Crippen LogP contribution in [0, 0.1) is 6.92 Å². The number of aryl methyl sites for hydroxylation is 1. The molecule has 5 nitrogen and oxygen atoms in total. The number of rotatable bonds is 6. The lowest BCUT2D eigenvalue weighted by molar-refractivity contribution is 0.597. The van der Waals surface area contributed by atoms with Crippen molar-refractivity contribution in [3.8, 4) is 0 Å². The summed E-state index contributed by atoms with van der Waals surface area (Å²) in [5.41, 5.74) is 2.57. The Kier molecular flexibility index (Phi) is 6.33. The predicted octanol–water partition coefficient (Wildman–Crippen LogP) is 2.28. The maximum absolute atomic E-state index is 4.25. The fourth-order valence-corrected chi connectivity index (χ4v) is 2.83. The molecule has 0 atom stereocenters. The summed E-state index contributed by atoms with van der Waals surface area (Å²) in [5, 5.41) is 10.8. The molecule has 0 aliphatic rings. The Hall–Kier alpha value is -1.95. The average molecular weight is 317 g/mol. The Morgan fingerprint density at radius 1 is 1.36 bits per heavy atom. The number of nitrogens with one attached hydrogen (secondary N) is 2. The van der Waals surface area contributed by atoms with Crippen LogP contribution >= 0.6 is 11.8 Å². The van der Waals surface area contributed by atoms with E-state index in [9.17, 15) is 0 Å². The number of aromatic nitrogens is 2. The largest absolute Gasteiger partial charge is 0.355 e. The number of nitrogens with zero attached hydrogens (tertiary/aromatic N) is 3. The van der Waals surface area contributed by atoms with Crippen molar-refractivity contribution >= 4 is 17.7 Å². The lowest BCUT2D eigenvalue weighted by atomic mass is 10.1. The lowest BCUT2D eigenvalue weighted by Crippen LogP contribution is -2.38. The number of guanidine groups is 1. The fourth-order valence-electron chi connectivity index (χ4n) is 2.12. The van der Waals surface area contributed by atoms with Crippen molar-refractivity contribution < 1.29 is 0 Å². The van der Waals surface area contributed by atoms with Crippen molar-refractivity contribution in [1.82, 2.24) is 20.4 Å². The summed E-state index contributed by atoms with van der Waals surface area (Å²) in [6.07, 6.45) is 5.85. The molecule has 0 saturated heterocycles. The minimum Gasteiger partial charge on any atom is -0.355 e. The molecule has 118 valence electrons. The van der Waals surface area contributed by atoms with Crippen LogP contribution in [0.5, 0.6) is 0 Å². The Bertz CT molecular complexity index is 607. The molecule has 2 aromatic rings. The van der Waals surface area contributed by atoms with Gasteiger partial charge in [-0.25, -0.2) is 0 Å². The van der Waals surface area contributed by atoms with Crippen molar-refractivity contribution in [1.29, 1.82) is 0 Å². The molecule has 0 aliphatic heterocycles. The standard InChI is InChI=1S/C16H23N5S/c1-13-5-6-14(15(11-13)22-3)12-19-16(17-2)18-8-10-21-9-4-7-20-21/h4-7,9,11H,8,10,12H2,1-3H3,(H2,17,18,19). The quantitative estimate of drug-likeness (QED) is 0.487. The molecule has 0 aliphatic carbocycles. The van der Waals surface area contributed by atoms with E-state index in [0.29, 0.717) is 0 Å². The van der Waals surface area contributed by atoms with E-state index in [1.165, 1.54) is 16.0 Å². The molecule has 0 fully saturated rings. The van der Waals surface area contributed by atoms with Crippen LogP contribution in [0.15, 0.2) is 46.5 Å². The highest BCUT2D eigenvalue weighted by Gasteiger charge is 2.03. The maximum atomic E-state index is 4.25. The highest BCUT2D eigenvalue weighted by Crippen LogP contribution is 2.21. The molecular weight excluding hydrogens is 294 g/mol. The van der Waals surface area contributed by atoms with Crippen LogP contribution in [0.3, 0.4) is 0 Å². The van der Waals surface area contributed by atoms with Gasteiger partial charge in [-0.1, -0.05) is 12.1 Å². The van der Waals surface area contributed by atoms with Crippen LogP contribution in [0.4, 0.5) is 0 Å². The van der Waals surface area contributed by atoms with Gasteiger partial charge >= 0.3 is 0 Å². The van der Waals surface area contributed by atoms with Crippen LogP contribution in [-0.4, -0.2) is 35.6 Å². The van der Waals surface area contributed by atoms with E-state index in [2.05, 4.69) is 52.1 Å². The van der Waals surface area contributed by atoms with Gasteiger partial charge in [-0.05, 0) is 36.4 Å². The molecule has 1 aromatic heterocycles. The van der Waals surface area contributed by atoms with E-state index in [1.54, 1.807) is 25.0 Å². The van der Waals surface area contributed by atoms with Gasteiger partial charge in [-0.15, -0.1) is 11.8 Å². The second-order valence-electron chi connectivity index (χ2n) is 4.94. The average Bonchev–Trinajstić information content (AvgIpc) is 3.04. The zero-order valence-electron chi connectivity index (χ0n) is 13.3. The molecule has 0 spiro atoms. The highest BCUT2D eigenvalue weighted by atomic mass is 32.2. The molecular formula is C16H23N5S. The third-order valence-corrected chi connectivity index (χ3v) is 4.12. The summed E-state index contributed by atoms with van der Waals surface area (Å²) in [4.78, 5) is 5.56. The molecule has 0 unspecified atom stereocenters. The van der Waals surface area contributed by atoms with Gasteiger partial charge in [0.15, 0.2) is 5.96 Å². The topological polar surface area (TPSA) is 54.2 Å². The summed E-state index contributed by atoms with van der Waals surface area (Å²) in [7, 11) is 1.79. The van der Waals surface area contributed by atoms with Crippen molar-refractivity contribution in [3.05, 3.63) is 47.8 Å². The number of aliphatic imine (C=N–C) groups is 1. The van der Waals surface area contributed by atoms with Crippen LogP contribution in [0.2, 0.25) is 0 Å². The molecule has 1 aromatic carbocycles. The Morgan fingerprint density at radius 3 is 2.91 bits per heavy atom. The first-order valence-corrected chi connectivity index (χ1v) is 8.51. The second-order valence-corrected chi connectivity index (χ2v) is 5.79. The smallest absolute Gasteiger partial charge is 0.191 e. The highest BCUT2D eigenvalue weighted by molar-refractivity contribution is 7.98. The Labute approximate surface area is 136 Å². The van der Waals surface area contributed by atoms with Crippen LogP contribution in [-0.2, 0) is 13.1 Å². The Morgan fingerprint density at radius 2 is 2.23 bits per heavy atom. The summed E-state index contributed by atoms with van der Waals surface area (Å²) < 4.78 is 1.89. The van der Waals surface area contributed by atoms with Gasteiger partial charge in [0, 0.05) is 37.4 Å². The van der Waals surface area contributed by atoms with Crippen molar-refractivity contribution in [2.75, 3.05) is 19.8 Å². The molecule has 22 heavy (non-hydrogen) atoms. The SMILES string of the molecule is CN=C(NCCn1cccn1)NCc1ccc(C)cc1SC. The van der Waals surface area contributed by atoms with Gasteiger partial charge in [0.25, 0.3) is 0 Å². The monoisotopic (exact) mass is 317 g/mol. The minimum absolute atomic E-state index is 0.762. The van der Waals surface area contributed by atoms with Crippen molar-refractivity contribution in [2.24, 2.45) is 4.99 Å². The van der Waals surface area contributed by atoms with Crippen LogP contribution in [0.1, 0.15) is 11.1 Å². The number of benzene rings is 1. The van der Waals surface area contributed by atoms with Crippen LogP contribution in [0.25, 0.3) is 0 Å². The molecule has 0 amide bonds. The van der Waals surface area contributed by atoms with Gasteiger partial charge in [0.2, 0.25) is 0 Å². The first-order valence-electron chi connectivity index (χ1n) is 7.28. The molecule has 0 bridgehead atoms. The van der Waals surface area contributed by atoms with Crippen molar-refractivity contribution in [2.45, 2.75) is 24.9 Å². The molecule has 2 N–H and O–H groups in total. The molecule has 2 rings (SSSR count). The fraction of sp³-hybridized carbons (Fsp3) is 0.375. The summed E-state index contributed by atoms with van der Waals surface area (Å²) >= 11 is 1.77. The zero-order chi connectivity index (χ0) is 15.8. The van der Waals surface area contributed by atoms with Gasteiger partial charge in [0.05, 0.1) is 6.54 Å². The normalized spacial score (nSPS) is 11.5. The number of hydrogen-bond donors (Lipinski definition) is 2. The zero-order valence-corrected chi connectivity index (χ0v) is 14.2. The van der Waals surface area contributed by atoms with E-state index < -0.39 is 0 Å². The summed E-state index contributed by atoms with van der Waals surface area (Å²) in [5.74, 6) is 0.805. The predicted molar refractivity (Wildman–Crippen MR) is 93.4 cm³/mol. The summed E-state index contributed by atoms with van der Waals surface area (Å²) in [6, 6.07) is 8.46. The minimum atomic E-state index is 0.762. The van der Waals surface area contributed by atoms with Gasteiger partial charge in [-0.3, -0.25) is 9.67 Å². The van der Waals surface area contributed by atoms with E-state index in [1.807, 2.05) is 16.9 Å². The molecule has 0 radical (unpaired) electrons. The van der Waals surface area contributed by atoms with E-state index in [-0.39, 0.29) is 0 Å². The third-order valence-electron chi connectivity index (χ3n) is 3.31. The second kappa shape index (κ2) is 8.48. The number of thioether (sulfide) groups is 1. The van der Waals surface area contributed by atoms with Gasteiger partial charge < -0.3 is 10.6 Å². The molecule has 1 heterocycles. The summed E-state index contributed by atoms with van der Waals surface area (Å²) in [6.45, 7) is 4.48. The van der Waals surface area contributed by atoms with E-state index in [0.717, 1.165) is 25.6 Å². The Balaban J connectivity index is 1.83. The first kappa shape index (κ1) is 16.4. The van der Waals surface area contributed by atoms with E-state index >= 15 is 0 Å². The molecule has 0 saturated carbocycles. The lowest BCUT2D eigenvalue weighted by Gasteiger charge is -2.14. The maximum Gasteiger partial charge on any atom is 0.191 e. The third kappa shape index (κ3) is 4.80. The van der Waals surface area contributed by atoms with Crippen LogP contribution < -0.4 is 10.6 Å².